The highest BCUT2D eigenvalue weighted by molar-refractivity contribution is 6.03. The van der Waals surface area contributed by atoms with Gasteiger partial charge in [0.2, 0.25) is 5.91 Å². The highest BCUT2D eigenvalue weighted by Crippen LogP contribution is 2.20. The Morgan fingerprint density at radius 2 is 2.04 bits per heavy atom. The molecule has 4 heterocycles. The molecule has 1 saturated heterocycles. The van der Waals surface area contributed by atoms with Crippen LogP contribution in [0.5, 0.6) is 0 Å². The minimum absolute atomic E-state index is 0.127. The first-order chi connectivity index (χ1) is 13.0. The van der Waals surface area contributed by atoms with Crippen LogP contribution in [0, 0.1) is 13.8 Å². The van der Waals surface area contributed by atoms with Crippen LogP contribution >= 0.6 is 0 Å². The van der Waals surface area contributed by atoms with E-state index in [9.17, 15) is 4.79 Å². The highest BCUT2D eigenvalue weighted by Gasteiger charge is 2.28. The minimum Gasteiger partial charge on any atom is -0.361 e. The SMILES string of the molecule is CC[C@@H]1CN2C=NC(N3CCN(C(=O)Cc4c(C)noc4C)CC3)=CC2=N1. The number of carbonyl (C=O) groups is 1. The van der Waals surface area contributed by atoms with E-state index in [1.165, 1.54) is 0 Å². The second-order valence-electron chi connectivity index (χ2n) is 7.30. The lowest BCUT2D eigenvalue weighted by atomic mass is 10.1. The quantitative estimate of drug-likeness (QED) is 0.800. The zero-order valence-corrected chi connectivity index (χ0v) is 16.2. The normalized spacial score (nSPS) is 22.0. The highest BCUT2D eigenvalue weighted by atomic mass is 16.5. The molecule has 1 fully saturated rings. The van der Waals surface area contributed by atoms with E-state index in [0.717, 1.165) is 54.7 Å². The summed E-state index contributed by atoms with van der Waals surface area (Å²) >= 11 is 0. The molecule has 1 atom stereocenters. The second-order valence-corrected chi connectivity index (χ2v) is 7.30. The van der Waals surface area contributed by atoms with Gasteiger partial charge >= 0.3 is 0 Å². The van der Waals surface area contributed by atoms with Gasteiger partial charge in [0.25, 0.3) is 0 Å². The number of amidine groups is 1. The molecule has 0 unspecified atom stereocenters. The van der Waals surface area contributed by atoms with Gasteiger partial charge in [0.05, 0.1) is 24.5 Å². The maximum absolute atomic E-state index is 12.6. The van der Waals surface area contributed by atoms with Crippen molar-refractivity contribution in [2.45, 2.75) is 39.7 Å². The van der Waals surface area contributed by atoms with E-state index < -0.39 is 0 Å². The zero-order chi connectivity index (χ0) is 19.0. The third kappa shape index (κ3) is 3.48. The number of carbonyl (C=O) groups excluding carboxylic acids is 1. The molecule has 3 aliphatic rings. The lowest BCUT2D eigenvalue weighted by Gasteiger charge is -2.37. The molecule has 0 saturated carbocycles. The molecule has 0 aliphatic carbocycles. The van der Waals surface area contributed by atoms with Gasteiger partial charge < -0.3 is 19.2 Å². The molecule has 0 aromatic carbocycles. The number of piperazine rings is 1. The van der Waals surface area contributed by atoms with Crippen molar-refractivity contribution in [1.82, 2.24) is 19.9 Å². The Morgan fingerprint density at radius 3 is 2.70 bits per heavy atom. The van der Waals surface area contributed by atoms with Crippen molar-refractivity contribution < 1.29 is 9.32 Å². The van der Waals surface area contributed by atoms with E-state index in [2.05, 4.69) is 32.9 Å². The molecule has 1 aromatic heterocycles. The molecule has 3 aliphatic heterocycles. The molecular weight excluding hydrogens is 344 g/mol. The first-order valence-corrected chi connectivity index (χ1v) is 9.60. The topological polar surface area (TPSA) is 77.5 Å². The number of rotatable bonds is 4. The van der Waals surface area contributed by atoms with Gasteiger partial charge in [-0.3, -0.25) is 9.79 Å². The fourth-order valence-corrected chi connectivity index (χ4v) is 3.73. The fourth-order valence-electron chi connectivity index (χ4n) is 3.73. The molecule has 0 spiro atoms. The van der Waals surface area contributed by atoms with Crippen LogP contribution in [-0.2, 0) is 11.2 Å². The van der Waals surface area contributed by atoms with E-state index >= 15 is 0 Å². The largest absolute Gasteiger partial charge is 0.361 e. The third-order valence-corrected chi connectivity index (χ3v) is 5.54. The number of hydrogen-bond acceptors (Lipinski definition) is 7. The van der Waals surface area contributed by atoms with Crippen molar-refractivity contribution in [3.63, 3.8) is 0 Å². The molecule has 4 rings (SSSR count). The number of fused-ring (bicyclic) bond motifs is 1. The Labute approximate surface area is 159 Å². The summed E-state index contributed by atoms with van der Waals surface area (Å²) in [6.45, 7) is 9.76. The van der Waals surface area contributed by atoms with Crippen LogP contribution < -0.4 is 0 Å². The lowest BCUT2D eigenvalue weighted by Crippen LogP contribution is -2.49. The Morgan fingerprint density at radius 1 is 1.26 bits per heavy atom. The standard InChI is InChI=1S/C19H26N6O2/c1-4-15-11-25-12-20-17(10-18(25)21-15)23-5-7-24(8-6-23)19(26)9-16-13(2)22-27-14(16)3/h10,12,15H,4-9,11H2,1-3H3/t15-/m1/s1. The van der Waals surface area contributed by atoms with Crippen molar-refractivity contribution in [3.8, 4) is 0 Å². The first-order valence-electron chi connectivity index (χ1n) is 9.60. The first kappa shape index (κ1) is 17.8. The molecule has 0 N–H and O–H groups in total. The van der Waals surface area contributed by atoms with Crippen LogP contribution in [0.2, 0.25) is 0 Å². The Balaban J connectivity index is 1.35. The summed E-state index contributed by atoms with van der Waals surface area (Å²) in [5.41, 5.74) is 1.71. The molecule has 27 heavy (non-hydrogen) atoms. The number of aryl methyl sites for hydroxylation is 2. The average Bonchev–Trinajstić information content (AvgIpc) is 3.25. The van der Waals surface area contributed by atoms with E-state index in [-0.39, 0.29) is 5.91 Å². The predicted octanol–water partition coefficient (Wildman–Crippen LogP) is 1.35. The molecule has 144 valence electrons. The number of nitrogens with zero attached hydrogens (tertiary/aromatic N) is 6. The van der Waals surface area contributed by atoms with Crippen LogP contribution in [0.4, 0.5) is 0 Å². The smallest absolute Gasteiger partial charge is 0.227 e. The van der Waals surface area contributed by atoms with Crippen LogP contribution in [0.15, 0.2) is 26.4 Å². The fraction of sp³-hybridized carbons (Fsp3) is 0.579. The number of aliphatic imine (C=N–C) groups is 2. The van der Waals surface area contributed by atoms with Gasteiger partial charge in [-0.15, -0.1) is 0 Å². The summed E-state index contributed by atoms with van der Waals surface area (Å²) < 4.78 is 5.16. The molecule has 1 aromatic rings. The molecule has 0 bridgehead atoms. The number of amides is 1. The van der Waals surface area contributed by atoms with Gasteiger partial charge in [-0.25, -0.2) is 4.99 Å². The van der Waals surface area contributed by atoms with Crippen LogP contribution in [0.25, 0.3) is 0 Å². The van der Waals surface area contributed by atoms with Crippen molar-refractivity contribution in [1.29, 1.82) is 0 Å². The zero-order valence-electron chi connectivity index (χ0n) is 16.2. The van der Waals surface area contributed by atoms with Crippen molar-refractivity contribution in [2.24, 2.45) is 9.98 Å². The minimum atomic E-state index is 0.127. The molecule has 1 amide bonds. The van der Waals surface area contributed by atoms with Gasteiger partial charge in [-0.2, -0.15) is 0 Å². The monoisotopic (exact) mass is 370 g/mol. The van der Waals surface area contributed by atoms with Gasteiger partial charge in [-0.05, 0) is 20.3 Å². The van der Waals surface area contributed by atoms with E-state index in [1.54, 1.807) is 0 Å². The lowest BCUT2D eigenvalue weighted by molar-refractivity contribution is -0.132. The van der Waals surface area contributed by atoms with Crippen molar-refractivity contribution >= 4 is 18.1 Å². The van der Waals surface area contributed by atoms with E-state index in [1.807, 2.05) is 25.1 Å². The molecular formula is C19H26N6O2. The summed E-state index contributed by atoms with van der Waals surface area (Å²) in [7, 11) is 0. The summed E-state index contributed by atoms with van der Waals surface area (Å²) in [5, 5.41) is 3.93. The molecule has 8 heteroatoms. The van der Waals surface area contributed by atoms with E-state index in [4.69, 9.17) is 9.52 Å². The van der Waals surface area contributed by atoms with Gasteiger partial charge in [0.15, 0.2) is 0 Å². The van der Waals surface area contributed by atoms with Gasteiger partial charge in [0, 0.05) is 44.4 Å². The third-order valence-electron chi connectivity index (χ3n) is 5.54. The Bertz CT molecular complexity index is 797. The Kier molecular flexibility index (Phi) is 4.72. The number of hydrogen-bond donors (Lipinski definition) is 0. The second kappa shape index (κ2) is 7.17. The Hall–Kier alpha value is -2.64. The van der Waals surface area contributed by atoms with Crippen molar-refractivity contribution in [3.05, 3.63) is 28.9 Å². The molecule has 0 radical (unpaired) electrons. The maximum atomic E-state index is 12.6. The molecule has 8 nitrogen and oxygen atoms in total. The predicted molar refractivity (Wildman–Crippen MR) is 103 cm³/mol. The summed E-state index contributed by atoms with van der Waals surface area (Å²) in [6, 6.07) is 0.362. The summed E-state index contributed by atoms with van der Waals surface area (Å²) in [6.07, 6.45) is 5.35. The summed E-state index contributed by atoms with van der Waals surface area (Å²) in [5.74, 6) is 2.80. The van der Waals surface area contributed by atoms with Crippen molar-refractivity contribution in [2.75, 3.05) is 32.7 Å². The van der Waals surface area contributed by atoms with Gasteiger partial charge in [-0.1, -0.05) is 12.1 Å². The maximum Gasteiger partial charge on any atom is 0.227 e. The van der Waals surface area contributed by atoms with Crippen LogP contribution in [0.1, 0.15) is 30.4 Å². The summed E-state index contributed by atoms with van der Waals surface area (Å²) in [4.78, 5) is 28.2. The number of aromatic nitrogens is 1. The van der Waals surface area contributed by atoms with Crippen LogP contribution in [0.3, 0.4) is 0 Å². The van der Waals surface area contributed by atoms with Gasteiger partial charge in [0.1, 0.15) is 17.4 Å². The average molecular weight is 370 g/mol. The van der Waals surface area contributed by atoms with Crippen LogP contribution in [-0.4, -0.2) is 76.7 Å². The van der Waals surface area contributed by atoms with E-state index in [0.29, 0.717) is 25.6 Å².